The van der Waals surface area contributed by atoms with Gasteiger partial charge in [0.1, 0.15) is 5.60 Å². The fraction of sp³-hybridized carbons (Fsp3) is 0.941. The van der Waals surface area contributed by atoms with Gasteiger partial charge in [-0.15, -0.1) is 0 Å². The number of hydrogen-bond acceptors (Lipinski definition) is 5. The Kier molecular flexibility index (Phi) is 7.29. The molecule has 0 aromatic heterocycles. The third-order valence-corrected chi connectivity index (χ3v) is 4.44. The zero-order valence-corrected chi connectivity index (χ0v) is 15.5. The monoisotopic (exact) mass is 330 g/mol. The first-order valence-electron chi connectivity index (χ1n) is 8.65. The lowest BCUT2D eigenvalue weighted by molar-refractivity contribution is -0.0423. The smallest absolute Gasteiger partial charge is 0.410 e. The number of rotatable bonds is 6. The van der Waals surface area contributed by atoms with Gasteiger partial charge in [0, 0.05) is 19.1 Å². The van der Waals surface area contributed by atoms with Crippen molar-refractivity contribution in [1.29, 1.82) is 0 Å². The van der Waals surface area contributed by atoms with E-state index >= 15 is 0 Å². The zero-order valence-electron chi connectivity index (χ0n) is 15.5. The number of morpholine rings is 1. The van der Waals surface area contributed by atoms with Crippen LogP contribution in [-0.2, 0) is 9.47 Å². The molecular weight excluding hydrogens is 296 g/mol. The molecule has 0 aromatic rings. The molecule has 0 aliphatic carbocycles. The second kappa shape index (κ2) is 8.31. The maximum absolute atomic E-state index is 12.4. The number of ether oxygens (including phenoxy) is 2. The standard InChI is InChI=1S/C17H34N2O4/c1-7-17(21,8-2)12-18-13(3)14-11-22-10-9-19(14)15(20)23-16(4,5)6/h13-14,18,21H,7-12H2,1-6H3. The van der Waals surface area contributed by atoms with E-state index in [4.69, 9.17) is 9.47 Å². The van der Waals surface area contributed by atoms with Crippen molar-refractivity contribution in [3.05, 3.63) is 0 Å². The summed E-state index contributed by atoms with van der Waals surface area (Å²) in [6.45, 7) is 13.6. The van der Waals surface area contributed by atoms with E-state index < -0.39 is 11.2 Å². The molecule has 2 unspecified atom stereocenters. The molecule has 0 aromatic carbocycles. The van der Waals surface area contributed by atoms with Gasteiger partial charge in [-0.3, -0.25) is 4.90 Å². The fourth-order valence-corrected chi connectivity index (χ4v) is 2.57. The van der Waals surface area contributed by atoms with Crippen LogP contribution in [0.3, 0.4) is 0 Å². The summed E-state index contributed by atoms with van der Waals surface area (Å²) in [7, 11) is 0. The van der Waals surface area contributed by atoms with Gasteiger partial charge in [-0.05, 0) is 40.5 Å². The van der Waals surface area contributed by atoms with E-state index in [2.05, 4.69) is 5.32 Å². The van der Waals surface area contributed by atoms with Crippen LogP contribution in [0.4, 0.5) is 4.79 Å². The summed E-state index contributed by atoms with van der Waals surface area (Å²) in [6, 6.07) is -0.0935. The summed E-state index contributed by atoms with van der Waals surface area (Å²) in [4.78, 5) is 14.2. The lowest BCUT2D eigenvalue weighted by Crippen LogP contribution is -2.59. The molecule has 0 bridgehead atoms. The van der Waals surface area contributed by atoms with Crippen molar-refractivity contribution in [3.63, 3.8) is 0 Å². The van der Waals surface area contributed by atoms with E-state index in [9.17, 15) is 9.90 Å². The number of carbonyl (C=O) groups excluding carboxylic acids is 1. The van der Waals surface area contributed by atoms with E-state index in [0.717, 1.165) is 0 Å². The van der Waals surface area contributed by atoms with Gasteiger partial charge in [-0.25, -0.2) is 4.79 Å². The molecular formula is C17H34N2O4. The van der Waals surface area contributed by atoms with Gasteiger partial charge in [0.15, 0.2) is 0 Å². The predicted octanol–water partition coefficient (Wildman–Crippen LogP) is 2.15. The molecule has 1 aliphatic heterocycles. The summed E-state index contributed by atoms with van der Waals surface area (Å²) >= 11 is 0. The molecule has 6 nitrogen and oxygen atoms in total. The summed E-state index contributed by atoms with van der Waals surface area (Å²) in [5, 5.41) is 13.8. The number of nitrogens with one attached hydrogen (secondary N) is 1. The topological polar surface area (TPSA) is 71.0 Å². The van der Waals surface area contributed by atoms with Crippen molar-refractivity contribution >= 4 is 6.09 Å². The van der Waals surface area contributed by atoms with E-state index in [1.807, 2.05) is 41.5 Å². The molecule has 2 N–H and O–H groups in total. The molecule has 1 fully saturated rings. The Bertz CT molecular complexity index is 377. The SMILES string of the molecule is CCC(O)(CC)CNC(C)C1COCCN1C(=O)OC(C)(C)C. The fourth-order valence-electron chi connectivity index (χ4n) is 2.57. The lowest BCUT2D eigenvalue weighted by Gasteiger charge is -2.40. The largest absolute Gasteiger partial charge is 0.444 e. The Labute approximate surface area is 140 Å². The van der Waals surface area contributed by atoms with Crippen LogP contribution < -0.4 is 5.32 Å². The van der Waals surface area contributed by atoms with Crippen LogP contribution in [0.25, 0.3) is 0 Å². The van der Waals surface area contributed by atoms with Crippen LogP contribution in [0, 0.1) is 0 Å². The third kappa shape index (κ3) is 6.28. The Morgan fingerprint density at radius 3 is 2.52 bits per heavy atom. The van der Waals surface area contributed by atoms with Gasteiger partial charge in [-0.1, -0.05) is 13.8 Å². The minimum absolute atomic E-state index is 0.00689. The minimum atomic E-state index is -0.708. The van der Waals surface area contributed by atoms with Gasteiger partial charge in [0.2, 0.25) is 0 Å². The minimum Gasteiger partial charge on any atom is -0.444 e. The Morgan fingerprint density at radius 1 is 1.39 bits per heavy atom. The van der Waals surface area contributed by atoms with Crippen LogP contribution in [0.5, 0.6) is 0 Å². The molecule has 0 spiro atoms. The van der Waals surface area contributed by atoms with E-state index in [1.54, 1.807) is 4.90 Å². The number of carbonyl (C=O) groups is 1. The highest BCUT2D eigenvalue weighted by atomic mass is 16.6. The van der Waals surface area contributed by atoms with Gasteiger partial charge in [0.25, 0.3) is 0 Å². The highest BCUT2D eigenvalue weighted by Crippen LogP contribution is 2.18. The normalized spacial score (nSPS) is 21.2. The Hall–Kier alpha value is -0.850. The van der Waals surface area contributed by atoms with Crippen molar-refractivity contribution in [3.8, 4) is 0 Å². The number of amides is 1. The first kappa shape index (κ1) is 20.2. The number of nitrogens with zero attached hydrogens (tertiary/aromatic N) is 1. The number of aliphatic hydroxyl groups is 1. The van der Waals surface area contributed by atoms with Gasteiger partial charge in [0.05, 0.1) is 24.9 Å². The molecule has 1 rings (SSSR count). The zero-order chi connectivity index (χ0) is 17.7. The quantitative estimate of drug-likeness (QED) is 0.781. The van der Waals surface area contributed by atoms with Gasteiger partial charge < -0.3 is 19.9 Å². The van der Waals surface area contributed by atoms with Crippen molar-refractivity contribution in [1.82, 2.24) is 10.2 Å². The summed E-state index contributed by atoms with van der Waals surface area (Å²) < 4.78 is 11.0. The van der Waals surface area contributed by atoms with Crippen LogP contribution in [-0.4, -0.2) is 65.7 Å². The summed E-state index contributed by atoms with van der Waals surface area (Å²) in [6.07, 6.45) is 1.08. The van der Waals surface area contributed by atoms with Crippen molar-refractivity contribution in [2.75, 3.05) is 26.3 Å². The van der Waals surface area contributed by atoms with Crippen LogP contribution >= 0.6 is 0 Å². The molecule has 23 heavy (non-hydrogen) atoms. The maximum atomic E-state index is 12.4. The summed E-state index contributed by atoms with van der Waals surface area (Å²) in [5.41, 5.74) is -1.22. The second-order valence-corrected chi connectivity index (χ2v) is 7.42. The predicted molar refractivity (Wildman–Crippen MR) is 90.5 cm³/mol. The van der Waals surface area contributed by atoms with Crippen LogP contribution in [0.15, 0.2) is 0 Å². The molecule has 1 saturated heterocycles. The molecule has 1 heterocycles. The lowest BCUT2D eigenvalue weighted by atomic mass is 9.96. The first-order chi connectivity index (χ1) is 10.6. The molecule has 1 amide bonds. The highest BCUT2D eigenvalue weighted by molar-refractivity contribution is 5.68. The van der Waals surface area contributed by atoms with Crippen molar-refractivity contribution < 1.29 is 19.4 Å². The number of hydrogen-bond donors (Lipinski definition) is 2. The molecule has 0 saturated carbocycles. The Balaban J connectivity index is 2.68. The third-order valence-electron chi connectivity index (χ3n) is 4.44. The second-order valence-electron chi connectivity index (χ2n) is 7.42. The van der Waals surface area contributed by atoms with Crippen LogP contribution in [0.1, 0.15) is 54.4 Å². The van der Waals surface area contributed by atoms with E-state index in [0.29, 0.717) is 39.1 Å². The average molecular weight is 330 g/mol. The molecule has 6 heteroatoms. The molecule has 0 radical (unpaired) electrons. The van der Waals surface area contributed by atoms with Crippen molar-refractivity contribution in [2.24, 2.45) is 0 Å². The highest BCUT2D eigenvalue weighted by Gasteiger charge is 2.35. The first-order valence-corrected chi connectivity index (χ1v) is 8.65. The van der Waals surface area contributed by atoms with Crippen molar-refractivity contribution in [2.45, 2.75) is 77.7 Å². The van der Waals surface area contributed by atoms with E-state index in [-0.39, 0.29) is 18.2 Å². The molecule has 1 aliphatic rings. The summed E-state index contributed by atoms with van der Waals surface area (Å²) in [5.74, 6) is 0. The maximum Gasteiger partial charge on any atom is 0.410 e. The molecule has 2 atom stereocenters. The van der Waals surface area contributed by atoms with Crippen LogP contribution in [0.2, 0.25) is 0 Å². The van der Waals surface area contributed by atoms with E-state index in [1.165, 1.54) is 0 Å². The average Bonchev–Trinajstić information content (AvgIpc) is 2.50. The van der Waals surface area contributed by atoms with Gasteiger partial charge >= 0.3 is 6.09 Å². The Morgan fingerprint density at radius 2 is 2.00 bits per heavy atom. The molecule has 136 valence electrons. The van der Waals surface area contributed by atoms with Gasteiger partial charge in [-0.2, -0.15) is 0 Å².